The van der Waals surface area contributed by atoms with Crippen LogP contribution < -0.4 is 5.11 Å². The van der Waals surface area contributed by atoms with Gasteiger partial charge in [0, 0.05) is 25.6 Å². The van der Waals surface area contributed by atoms with Gasteiger partial charge in [0.05, 0.1) is 0 Å². The van der Waals surface area contributed by atoms with E-state index in [1.807, 2.05) is 0 Å². The van der Waals surface area contributed by atoms with Crippen molar-refractivity contribution in [1.29, 1.82) is 0 Å². The highest BCUT2D eigenvalue weighted by atomic mass is 16.4. The van der Waals surface area contributed by atoms with Crippen LogP contribution in [-0.2, 0) is 0 Å². The molecule has 1 rings (SSSR count). The van der Waals surface area contributed by atoms with Crippen molar-refractivity contribution in [1.82, 2.24) is 4.90 Å². The lowest BCUT2D eigenvalue weighted by Gasteiger charge is -2.17. The predicted octanol–water partition coefficient (Wildman–Crippen LogP) is -1.36. The molecule has 0 aromatic heterocycles. The van der Waals surface area contributed by atoms with E-state index in [-0.39, 0.29) is 12.5 Å². The number of nitrogens with zero attached hydrogens (tertiary/aromatic N) is 1. The van der Waals surface area contributed by atoms with Gasteiger partial charge in [-0.1, -0.05) is 0 Å². The third kappa shape index (κ3) is 1.39. The van der Waals surface area contributed by atoms with Gasteiger partial charge in [0.15, 0.2) is 0 Å². The smallest absolute Gasteiger partial charge is 0.136 e. The molecule has 1 saturated heterocycles. The molecule has 0 bridgehead atoms. The molecule has 1 unspecified atom stereocenters. The minimum Gasteiger partial charge on any atom is -0.530 e. The molecule has 1 atom stereocenters. The highest BCUT2D eigenvalue weighted by molar-refractivity contribution is 5.62. The summed E-state index contributed by atoms with van der Waals surface area (Å²) in [6, 6.07) is 0. The first-order valence-corrected chi connectivity index (χ1v) is 3.31. The first kappa shape index (κ1) is 7.34. The average Bonchev–Trinajstić information content (AvgIpc) is 2.34. The van der Waals surface area contributed by atoms with Crippen molar-refractivity contribution in [3.8, 4) is 0 Å². The van der Waals surface area contributed by atoms with E-state index in [9.17, 15) is 9.90 Å². The third-order valence-corrected chi connectivity index (χ3v) is 1.80. The molecule has 1 aliphatic heterocycles. The van der Waals surface area contributed by atoms with Gasteiger partial charge in [0.1, 0.15) is 6.09 Å². The second-order valence-electron chi connectivity index (χ2n) is 2.55. The standard InChI is InChI=1S/C6H11NO3/c8-4-5-1-2-7(3-5)6(9)10/h5,8H,1-4H2,(H,9,10)/p-1. The lowest BCUT2D eigenvalue weighted by Crippen LogP contribution is -2.39. The molecule has 58 valence electrons. The maximum absolute atomic E-state index is 10.2. The van der Waals surface area contributed by atoms with Crippen molar-refractivity contribution in [2.24, 2.45) is 5.92 Å². The Kier molecular flexibility index (Phi) is 2.11. The van der Waals surface area contributed by atoms with Crippen LogP contribution in [0.25, 0.3) is 0 Å². The van der Waals surface area contributed by atoms with Crippen molar-refractivity contribution >= 4 is 6.09 Å². The first-order valence-electron chi connectivity index (χ1n) is 3.31. The Morgan fingerprint density at radius 1 is 1.80 bits per heavy atom. The summed E-state index contributed by atoms with van der Waals surface area (Å²) < 4.78 is 0. The molecule has 4 nitrogen and oxygen atoms in total. The third-order valence-electron chi connectivity index (χ3n) is 1.80. The Balaban J connectivity index is 2.35. The van der Waals surface area contributed by atoms with Gasteiger partial charge >= 0.3 is 0 Å². The Morgan fingerprint density at radius 2 is 2.50 bits per heavy atom. The lowest BCUT2D eigenvalue weighted by molar-refractivity contribution is -0.264. The monoisotopic (exact) mass is 144 g/mol. The van der Waals surface area contributed by atoms with Gasteiger partial charge in [-0.25, -0.2) is 0 Å². The van der Waals surface area contributed by atoms with Crippen molar-refractivity contribution in [2.45, 2.75) is 6.42 Å². The Hall–Kier alpha value is -0.770. The zero-order valence-electron chi connectivity index (χ0n) is 5.62. The van der Waals surface area contributed by atoms with Gasteiger partial charge in [0.25, 0.3) is 0 Å². The summed E-state index contributed by atoms with van der Waals surface area (Å²) in [4.78, 5) is 11.4. The minimum atomic E-state index is -1.13. The molecule has 1 amide bonds. The van der Waals surface area contributed by atoms with Crippen LogP contribution in [0.4, 0.5) is 4.79 Å². The summed E-state index contributed by atoms with van der Waals surface area (Å²) in [6.45, 7) is 1.01. The molecule has 1 heterocycles. The van der Waals surface area contributed by atoms with Crippen molar-refractivity contribution in [2.75, 3.05) is 19.7 Å². The van der Waals surface area contributed by atoms with E-state index in [0.717, 1.165) is 6.42 Å². The first-order chi connectivity index (χ1) is 4.74. The number of aliphatic hydroxyl groups excluding tert-OH is 1. The molecular weight excluding hydrogens is 134 g/mol. The number of rotatable bonds is 1. The van der Waals surface area contributed by atoms with Crippen molar-refractivity contribution < 1.29 is 15.0 Å². The van der Waals surface area contributed by atoms with Gasteiger partial charge in [0.2, 0.25) is 0 Å². The van der Waals surface area contributed by atoms with E-state index in [4.69, 9.17) is 5.11 Å². The van der Waals surface area contributed by atoms with Crippen molar-refractivity contribution in [3.05, 3.63) is 0 Å². The molecule has 4 heteroatoms. The molecule has 0 saturated carbocycles. The largest absolute Gasteiger partial charge is 0.530 e. The second kappa shape index (κ2) is 2.88. The fourth-order valence-electron chi connectivity index (χ4n) is 1.15. The maximum atomic E-state index is 10.2. The number of hydrogen-bond acceptors (Lipinski definition) is 3. The van der Waals surface area contributed by atoms with E-state index >= 15 is 0 Å². The van der Waals surface area contributed by atoms with Crippen LogP contribution >= 0.6 is 0 Å². The molecule has 0 aromatic rings. The molecular formula is C6H10NO3-. The number of carboxylic acid groups (broad SMARTS) is 1. The van der Waals surface area contributed by atoms with Crippen LogP contribution in [0.1, 0.15) is 6.42 Å². The molecule has 0 aliphatic carbocycles. The van der Waals surface area contributed by atoms with Gasteiger partial charge in [-0.15, -0.1) is 0 Å². The SMILES string of the molecule is O=C([O-])N1CCC(CO)C1. The summed E-state index contributed by atoms with van der Waals surface area (Å²) >= 11 is 0. The summed E-state index contributed by atoms with van der Waals surface area (Å²) in [7, 11) is 0. The molecule has 10 heavy (non-hydrogen) atoms. The molecule has 1 aliphatic rings. The normalized spacial score (nSPS) is 25.3. The summed E-state index contributed by atoms with van der Waals surface area (Å²) in [5.41, 5.74) is 0. The number of likely N-dealkylation sites (tertiary alicyclic amines) is 1. The number of aliphatic hydroxyl groups is 1. The fourth-order valence-corrected chi connectivity index (χ4v) is 1.15. The van der Waals surface area contributed by atoms with E-state index < -0.39 is 6.09 Å². The summed E-state index contributed by atoms with van der Waals surface area (Å²) in [5, 5.41) is 18.8. The van der Waals surface area contributed by atoms with Gasteiger partial charge in [-0.2, -0.15) is 0 Å². The Morgan fingerprint density at radius 3 is 2.80 bits per heavy atom. The fraction of sp³-hybridized carbons (Fsp3) is 0.833. The van der Waals surface area contributed by atoms with Crippen LogP contribution in [0.5, 0.6) is 0 Å². The topological polar surface area (TPSA) is 63.6 Å². The number of hydrogen-bond donors (Lipinski definition) is 1. The van der Waals surface area contributed by atoms with Crippen LogP contribution in [0.3, 0.4) is 0 Å². The van der Waals surface area contributed by atoms with Crippen molar-refractivity contribution in [3.63, 3.8) is 0 Å². The highest BCUT2D eigenvalue weighted by Crippen LogP contribution is 2.13. The lowest BCUT2D eigenvalue weighted by atomic mass is 10.1. The van der Waals surface area contributed by atoms with E-state index in [0.29, 0.717) is 13.1 Å². The molecule has 0 spiro atoms. The number of carbonyl (C=O) groups is 1. The average molecular weight is 144 g/mol. The molecule has 1 N–H and O–H groups in total. The zero-order valence-corrected chi connectivity index (χ0v) is 5.62. The quantitative estimate of drug-likeness (QED) is 0.494. The zero-order chi connectivity index (χ0) is 7.56. The highest BCUT2D eigenvalue weighted by Gasteiger charge is 2.20. The maximum Gasteiger partial charge on any atom is 0.136 e. The van der Waals surface area contributed by atoms with E-state index in [1.54, 1.807) is 0 Å². The predicted molar refractivity (Wildman–Crippen MR) is 32.2 cm³/mol. The molecule has 1 fully saturated rings. The summed E-state index contributed by atoms with van der Waals surface area (Å²) in [6.07, 6.45) is -0.374. The molecule has 0 aromatic carbocycles. The van der Waals surface area contributed by atoms with Crippen LogP contribution in [0.15, 0.2) is 0 Å². The van der Waals surface area contributed by atoms with Crippen LogP contribution in [0.2, 0.25) is 0 Å². The van der Waals surface area contributed by atoms with Gasteiger partial charge in [-0.05, 0) is 6.42 Å². The molecule has 0 radical (unpaired) electrons. The van der Waals surface area contributed by atoms with Gasteiger partial charge in [-0.3, -0.25) is 0 Å². The van der Waals surface area contributed by atoms with Crippen LogP contribution in [-0.4, -0.2) is 35.8 Å². The van der Waals surface area contributed by atoms with Gasteiger partial charge < -0.3 is 19.9 Å². The second-order valence-corrected chi connectivity index (χ2v) is 2.55. The number of carbonyl (C=O) groups excluding carboxylic acids is 1. The Labute approximate surface area is 59.1 Å². The minimum absolute atomic E-state index is 0.0732. The number of amides is 1. The van der Waals surface area contributed by atoms with E-state index in [1.165, 1.54) is 4.90 Å². The van der Waals surface area contributed by atoms with Crippen LogP contribution in [0, 0.1) is 5.92 Å². The summed E-state index contributed by atoms with van der Waals surface area (Å²) in [5.74, 6) is 0.123. The Bertz CT molecular complexity index is 137. The van der Waals surface area contributed by atoms with E-state index in [2.05, 4.69) is 0 Å².